The van der Waals surface area contributed by atoms with Gasteiger partial charge in [0.25, 0.3) is 0 Å². The number of carbonyl (C=O) groups is 1. The number of nitrogens with zero attached hydrogens (tertiary/aromatic N) is 1. The van der Waals surface area contributed by atoms with Gasteiger partial charge < -0.3 is 9.26 Å². The zero-order chi connectivity index (χ0) is 15.5. The Balaban J connectivity index is 1.76. The second kappa shape index (κ2) is 5.99. The van der Waals surface area contributed by atoms with Gasteiger partial charge in [0.2, 0.25) is 0 Å². The number of esters is 1. The van der Waals surface area contributed by atoms with Crippen LogP contribution in [-0.4, -0.2) is 11.1 Å². The summed E-state index contributed by atoms with van der Waals surface area (Å²) in [6.07, 6.45) is 0. The van der Waals surface area contributed by atoms with Crippen LogP contribution in [0.4, 0.5) is 4.39 Å². The number of ether oxygens (including phenoxy) is 1. The Morgan fingerprint density at radius 2 is 1.77 bits per heavy atom. The van der Waals surface area contributed by atoms with Crippen LogP contribution in [0.3, 0.4) is 0 Å². The van der Waals surface area contributed by atoms with E-state index in [-0.39, 0.29) is 11.4 Å². The molecule has 0 radical (unpaired) electrons. The molecule has 22 heavy (non-hydrogen) atoms. The number of halogens is 2. The van der Waals surface area contributed by atoms with E-state index in [0.717, 1.165) is 5.56 Å². The molecule has 0 unspecified atom stereocenters. The molecule has 2 aromatic carbocycles. The molecule has 4 nitrogen and oxygen atoms in total. The third-order valence-electron chi connectivity index (χ3n) is 2.87. The highest BCUT2D eigenvalue weighted by Crippen LogP contribution is 2.23. The third kappa shape index (κ3) is 3.15. The van der Waals surface area contributed by atoms with Gasteiger partial charge in [0.05, 0.1) is 0 Å². The molecule has 0 N–H and O–H groups in total. The van der Waals surface area contributed by atoms with Gasteiger partial charge in [-0.05, 0) is 48.5 Å². The minimum atomic E-state index is -0.685. The Kier molecular flexibility index (Phi) is 3.89. The lowest BCUT2D eigenvalue weighted by Crippen LogP contribution is -2.08. The van der Waals surface area contributed by atoms with Gasteiger partial charge >= 0.3 is 5.97 Å². The summed E-state index contributed by atoms with van der Waals surface area (Å²) < 4.78 is 23.0. The Morgan fingerprint density at radius 3 is 2.45 bits per heavy atom. The average molecular weight is 318 g/mol. The van der Waals surface area contributed by atoms with Gasteiger partial charge in [-0.1, -0.05) is 16.8 Å². The molecule has 1 heterocycles. The van der Waals surface area contributed by atoms with E-state index >= 15 is 0 Å². The van der Waals surface area contributed by atoms with Gasteiger partial charge in [0, 0.05) is 16.7 Å². The van der Waals surface area contributed by atoms with Gasteiger partial charge in [-0.3, -0.25) is 0 Å². The molecule has 0 amide bonds. The van der Waals surface area contributed by atoms with E-state index in [1.165, 1.54) is 30.3 Å². The molecule has 0 saturated heterocycles. The van der Waals surface area contributed by atoms with E-state index in [0.29, 0.717) is 10.8 Å². The summed E-state index contributed by atoms with van der Waals surface area (Å²) >= 11 is 5.81. The van der Waals surface area contributed by atoms with Crippen LogP contribution in [0.1, 0.15) is 10.5 Å². The van der Waals surface area contributed by atoms with Gasteiger partial charge in [0.1, 0.15) is 11.6 Å². The summed E-state index contributed by atoms with van der Waals surface area (Å²) in [5.74, 6) is -0.452. The first-order chi connectivity index (χ1) is 10.6. The van der Waals surface area contributed by atoms with E-state index < -0.39 is 11.8 Å². The maximum atomic E-state index is 12.8. The van der Waals surface area contributed by atoms with Crippen LogP contribution in [0.2, 0.25) is 5.02 Å². The minimum Gasteiger partial charge on any atom is -0.422 e. The Morgan fingerprint density at radius 1 is 1.09 bits per heavy atom. The summed E-state index contributed by atoms with van der Waals surface area (Å²) in [4.78, 5) is 11.9. The van der Waals surface area contributed by atoms with Crippen molar-refractivity contribution in [2.75, 3.05) is 0 Å². The van der Waals surface area contributed by atoms with Crippen molar-refractivity contribution in [1.82, 2.24) is 5.16 Å². The minimum absolute atomic E-state index is 0.0225. The molecule has 110 valence electrons. The van der Waals surface area contributed by atoms with Crippen molar-refractivity contribution in [2.24, 2.45) is 0 Å². The molecular formula is C16H9ClFNO3. The van der Waals surface area contributed by atoms with E-state index in [1.54, 1.807) is 24.3 Å². The van der Waals surface area contributed by atoms with Gasteiger partial charge in [0.15, 0.2) is 11.5 Å². The predicted molar refractivity (Wildman–Crippen MR) is 78.3 cm³/mol. The van der Waals surface area contributed by atoms with Gasteiger partial charge in [-0.25, -0.2) is 9.18 Å². The molecule has 0 aliphatic heterocycles. The van der Waals surface area contributed by atoms with Crippen LogP contribution < -0.4 is 4.74 Å². The molecule has 0 fully saturated rings. The first-order valence-corrected chi connectivity index (χ1v) is 6.70. The number of aromatic nitrogens is 1. The number of benzene rings is 2. The second-order valence-electron chi connectivity index (χ2n) is 4.43. The average Bonchev–Trinajstić information content (AvgIpc) is 3.00. The van der Waals surface area contributed by atoms with Crippen molar-refractivity contribution < 1.29 is 18.4 Å². The summed E-state index contributed by atoms with van der Waals surface area (Å²) in [6.45, 7) is 0. The number of rotatable bonds is 3. The van der Waals surface area contributed by atoms with Crippen molar-refractivity contribution in [1.29, 1.82) is 0 Å². The molecule has 0 aliphatic carbocycles. The molecule has 0 bridgehead atoms. The smallest absolute Gasteiger partial charge is 0.365 e. The predicted octanol–water partition coefficient (Wildman–Crippen LogP) is 4.35. The van der Waals surface area contributed by atoms with Crippen molar-refractivity contribution in [2.45, 2.75) is 0 Å². The number of carbonyl (C=O) groups excluding carboxylic acids is 1. The zero-order valence-electron chi connectivity index (χ0n) is 11.1. The first-order valence-electron chi connectivity index (χ1n) is 6.32. The summed E-state index contributed by atoms with van der Waals surface area (Å²) in [5, 5.41) is 4.27. The van der Waals surface area contributed by atoms with E-state index in [4.69, 9.17) is 20.9 Å². The molecule has 0 atom stereocenters. The molecule has 1 aromatic heterocycles. The molecular weight excluding hydrogens is 309 g/mol. The van der Waals surface area contributed by atoms with Crippen LogP contribution in [0.5, 0.6) is 5.75 Å². The maximum Gasteiger partial charge on any atom is 0.365 e. The van der Waals surface area contributed by atoms with Crippen molar-refractivity contribution in [3.63, 3.8) is 0 Å². The molecule has 3 aromatic rings. The summed E-state index contributed by atoms with van der Waals surface area (Å²) in [6, 6.07) is 13.5. The van der Waals surface area contributed by atoms with E-state index in [9.17, 15) is 9.18 Å². The van der Waals surface area contributed by atoms with Crippen LogP contribution in [0, 0.1) is 5.82 Å². The highest BCUT2D eigenvalue weighted by molar-refractivity contribution is 6.30. The lowest BCUT2D eigenvalue weighted by molar-refractivity contribution is 0.0724. The number of hydrogen-bond acceptors (Lipinski definition) is 4. The lowest BCUT2D eigenvalue weighted by atomic mass is 10.1. The Bertz CT molecular complexity index is 797. The fourth-order valence-corrected chi connectivity index (χ4v) is 1.91. The molecule has 6 heteroatoms. The molecule has 0 spiro atoms. The Labute approximate surface area is 130 Å². The van der Waals surface area contributed by atoms with Crippen LogP contribution in [-0.2, 0) is 0 Å². The van der Waals surface area contributed by atoms with Crippen LogP contribution in [0.25, 0.3) is 11.3 Å². The van der Waals surface area contributed by atoms with E-state index in [2.05, 4.69) is 5.16 Å². The highest BCUT2D eigenvalue weighted by atomic mass is 35.5. The van der Waals surface area contributed by atoms with Gasteiger partial charge in [-0.15, -0.1) is 0 Å². The van der Waals surface area contributed by atoms with Gasteiger partial charge in [-0.2, -0.15) is 0 Å². The highest BCUT2D eigenvalue weighted by Gasteiger charge is 2.16. The second-order valence-corrected chi connectivity index (χ2v) is 4.86. The molecule has 0 saturated carbocycles. The lowest BCUT2D eigenvalue weighted by Gasteiger charge is -2.00. The summed E-state index contributed by atoms with van der Waals surface area (Å²) in [7, 11) is 0. The maximum absolute atomic E-state index is 12.8. The summed E-state index contributed by atoms with van der Waals surface area (Å²) in [5.41, 5.74) is 0.756. The first kappa shape index (κ1) is 14.3. The monoisotopic (exact) mass is 317 g/mol. The normalized spacial score (nSPS) is 10.5. The van der Waals surface area contributed by atoms with Crippen molar-refractivity contribution in [3.8, 4) is 17.1 Å². The standard InChI is InChI=1S/C16H9ClFNO3/c17-11-3-1-10(2-4-11)15-9-14(19-22-15)16(20)21-13-7-5-12(18)6-8-13/h1-9H. The topological polar surface area (TPSA) is 52.3 Å². The fraction of sp³-hybridized carbons (Fsp3) is 0. The Hall–Kier alpha value is -2.66. The van der Waals surface area contributed by atoms with Crippen molar-refractivity contribution in [3.05, 3.63) is 71.1 Å². The molecule has 3 rings (SSSR count). The van der Waals surface area contributed by atoms with Crippen LogP contribution >= 0.6 is 11.6 Å². The van der Waals surface area contributed by atoms with Crippen LogP contribution in [0.15, 0.2) is 59.1 Å². The number of hydrogen-bond donors (Lipinski definition) is 0. The SMILES string of the molecule is O=C(Oc1ccc(F)cc1)c1cc(-c2ccc(Cl)cc2)on1. The van der Waals surface area contributed by atoms with E-state index in [1.807, 2.05) is 0 Å². The largest absolute Gasteiger partial charge is 0.422 e. The quantitative estimate of drug-likeness (QED) is 0.532. The van der Waals surface area contributed by atoms with Crippen molar-refractivity contribution >= 4 is 17.6 Å². The fourth-order valence-electron chi connectivity index (χ4n) is 1.78. The molecule has 0 aliphatic rings. The zero-order valence-corrected chi connectivity index (χ0v) is 11.9. The third-order valence-corrected chi connectivity index (χ3v) is 3.12.